The number of nitrogens with one attached hydrogen (secondary N) is 1. The lowest BCUT2D eigenvalue weighted by atomic mass is 10.1. The largest absolute Gasteiger partial charge is 0.497 e. The second kappa shape index (κ2) is 13.9. The van der Waals surface area contributed by atoms with Crippen LogP contribution < -0.4 is 14.4 Å². The second-order valence-electron chi connectivity index (χ2n) is 9.49. The average molecular weight is 570 g/mol. The van der Waals surface area contributed by atoms with Crippen LogP contribution in [0.3, 0.4) is 0 Å². The SMILES string of the molecule is CCCCNC(=O)[C@@H](C)N(Cc1ccc(F)cc1)C(=O)CN(c1ccc(C)cc1)S(=O)(=O)c1ccc(OC)cc1. The Morgan fingerprint density at radius 1 is 0.975 bits per heavy atom. The molecule has 3 aromatic carbocycles. The van der Waals surface area contributed by atoms with Crippen LogP contribution in [0.25, 0.3) is 0 Å². The van der Waals surface area contributed by atoms with Gasteiger partial charge in [0.2, 0.25) is 11.8 Å². The minimum Gasteiger partial charge on any atom is -0.497 e. The number of sulfonamides is 1. The standard InChI is InChI=1S/C30H36FN3O5S/c1-5-6-19-32-30(36)23(3)33(20-24-9-11-25(31)12-10-24)29(35)21-34(26-13-7-22(2)8-14-26)40(37,38)28-17-15-27(39-4)16-18-28/h7-18,23H,5-6,19-21H2,1-4H3,(H,32,36)/t23-/m1/s1. The second-order valence-corrected chi connectivity index (χ2v) is 11.4. The van der Waals surface area contributed by atoms with E-state index in [1.54, 1.807) is 31.2 Å². The molecule has 0 aliphatic heterocycles. The third-order valence-corrected chi connectivity index (χ3v) is 8.30. The number of anilines is 1. The summed E-state index contributed by atoms with van der Waals surface area (Å²) in [5, 5.41) is 2.84. The minimum atomic E-state index is -4.18. The van der Waals surface area contributed by atoms with Crippen molar-refractivity contribution in [2.45, 2.75) is 51.1 Å². The fourth-order valence-electron chi connectivity index (χ4n) is 4.02. The van der Waals surface area contributed by atoms with Gasteiger partial charge in [0.05, 0.1) is 17.7 Å². The molecule has 214 valence electrons. The monoisotopic (exact) mass is 569 g/mol. The highest BCUT2D eigenvalue weighted by atomic mass is 32.2. The molecular formula is C30H36FN3O5S. The number of hydrogen-bond acceptors (Lipinski definition) is 5. The van der Waals surface area contributed by atoms with E-state index in [9.17, 15) is 22.4 Å². The first kappa shape index (κ1) is 30.6. The number of carbonyl (C=O) groups is 2. The first-order valence-electron chi connectivity index (χ1n) is 13.1. The molecule has 2 amide bonds. The summed E-state index contributed by atoms with van der Waals surface area (Å²) in [6.07, 6.45) is 1.67. The van der Waals surface area contributed by atoms with Gasteiger partial charge in [0.15, 0.2) is 0 Å². The van der Waals surface area contributed by atoms with Crippen molar-refractivity contribution < 1.29 is 27.1 Å². The third kappa shape index (κ3) is 7.81. The summed E-state index contributed by atoms with van der Waals surface area (Å²) in [5.74, 6) is -0.877. The van der Waals surface area contributed by atoms with Crippen molar-refractivity contribution in [1.29, 1.82) is 0 Å². The number of carbonyl (C=O) groups excluding carboxylic acids is 2. The molecule has 3 rings (SSSR count). The van der Waals surface area contributed by atoms with Gasteiger partial charge in [-0.1, -0.05) is 43.2 Å². The van der Waals surface area contributed by atoms with Crippen molar-refractivity contribution in [3.63, 3.8) is 0 Å². The molecule has 0 aromatic heterocycles. The number of ether oxygens (including phenoxy) is 1. The molecule has 0 radical (unpaired) electrons. The Kier molecular flexibility index (Phi) is 10.7. The van der Waals surface area contributed by atoms with Crippen LogP contribution in [0.15, 0.2) is 77.7 Å². The van der Waals surface area contributed by atoms with E-state index in [0.717, 1.165) is 22.7 Å². The Morgan fingerprint density at radius 3 is 2.17 bits per heavy atom. The van der Waals surface area contributed by atoms with Gasteiger partial charge in [-0.05, 0) is 74.4 Å². The quantitative estimate of drug-likeness (QED) is 0.302. The van der Waals surface area contributed by atoms with Gasteiger partial charge in [-0.3, -0.25) is 13.9 Å². The zero-order valence-corrected chi connectivity index (χ0v) is 24.1. The van der Waals surface area contributed by atoms with Gasteiger partial charge in [-0.15, -0.1) is 0 Å². The summed E-state index contributed by atoms with van der Waals surface area (Å²) in [6.45, 7) is 5.37. The predicted molar refractivity (Wildman–Crippen MR) is 153 cm³/mol. The summed E-state index contributed by atoms with van der Waals surface area (Å²) < 4.78 is 47.4. The Labute approximate surface area is 235 Å². The van der Waals surface area contributed by atoms with Gasteiger partial charge in [-0.2, -0.15) is 0 Å². The van der Waals surface area contributed by atoms with Crippen LogP contribution in [0.5, 0.6) is 5.75 Å². The number of halogens is 1. The first-order valence-corrected chi connectivity index (χ1v) is 14.6. The van der Waals surface area contributed by atoms with Crippen molar-refractivity contribution in [2.75, 3.05) is 24.5 Å². The van der Waals surface area contributed by atoms with Crippen LogP contribution in [0.4, 0.5) is 10.1 Å². The lowest BCUT2D eigenvalue weighted by molar-refractivity contribution is -0.139. The molecule has 0 unspecified atom stereocenters. The van der Waals surface area contributed by atoms with Gasteiger partial charge < -0.3 is 15.0 Å². The lowest BCUT2D eigenvalue weighted by Crippen LogP contribution is -2.51. The van der Waals surface area contributed by atoms with E-state index in [1.807, 2.05) is 13.8 Å². The zero-order chi connectivity index (χ0) is 29.3. The molecule has 0 aliphatic rings. The summed E-state index contributed by atoms with van der Waals surface area (Å²) >= 11 is 0. The fraction of sp³-hybridized carbons (Fsp3) is 0.333. The Balaban J connectivity index is 1.99. The maximum absolute atomic E-state index is 13.9. The molecule has 10 heteroatoms. The number of aryl methyl sites for hydroxylation is 1. The number of nitrogens with zero attached hydrogens (tertiary/aromatic N) is 2. The van der Waals surface area contributed by atoms with E-state index >= 15 is 0 Å². The Bertz CT molecular complexity index is 1380. The molecule has 1 N–H and O–H groups in total. The van der Waals surface area contributed by atoms with Gasteiger partial charge >= 0.3 is 0 Å². The van der Waals surface area contributed by atoms with Crippen molar-refractivity contribution in [1.82, 2.24) is 10.2 Å². The number of hydrogen-bond donors (Lipinski definition) is 1. The summed E-state index contributed by atoms with van der Waals surface area (Å²) in [7, 11) is -2.70. The van der Waals surface area contributed by atoms with E-state index in [0.29, 0.717) is 23.5 Å². The van der Waals surface area contributed by atoms with Gasteiger partial charge in [0, 0.05) is 13.1 Å². The molecule has 0 bridgehead atoms. The highest BCUT2D eigenvalue weighted by Gasteiger charge is 2.32. The Morgan fingerprint density at radius 2 is 1.60 bits per heavy atom. The highest BCUT2D eigenvalue weighted by molar-refractivity contribution is 7.92. The molecule has 8 nitrogen and oxygen atoms in total. The highest BCUT2D eigenvalue weighted by Crippen LogP contribution is 2.26. The minimum absolute atomic E-state index is 0.00814. The van der Waals surface area contributed by atoms with Crippen LogP contribution in [-0.4, -0.2) is 51.4 Å². The van der Waals surface area contributed by atoms with Crippen molar-refractivity contribution in [2.24, 2.45) is 0 Å². The van der Waals surface area contributed by atoms with E-state index in [1.165, 1.54) is 60.5 Å². The summed E-state index contributed by atoms with van der Waals surface area (Å²) in [5.41, 5.74) is 1.83. The lowest BCUT2D eigenvalue weighted by Gasteiger charge is -2.32. The molecular weight excluding hydrogens is 533 g/mol. The molecule has 0 aliphatic carbocycles. The number of rotatable bonds is 13. The van der Waals surface area contributed by atoms with Crippen LogP contribution in [0.1, 0.15) is 37.8 Å². The van der Waals surface area contributed by atoms with E-state index in [4.69, 9.17) is 4.74 Å². The van der Waals surface area contributed by atoms with Crippen LogP contribution in [-0.2, 0) is 26.2 Å². The fourth-order valence-corrected chi connectivity index (χ4v) is 5.43. The summed E-state index contributed by atoms with van der Waals surface area (Å²) in [4.78, 5) is 28.1. The maximum atomic E-state index is 13.9. The van der Waals surface area contributed by atoms with Gasteiger partial charge in [0.25, 0.3) is 10.0 Å². The molecule has 1 atom stereocenters. The van der Waals surface area contributed by atoms with Gasteiger partial charge in [0.1, 0.15) is 24.2 Å². The van der Waals surface area contributed by atoms with Crippen LogP contribution in [0.2, 0.25) is 0 Å². The number of unbranched alkanes of at least 4 members (excludes halogenated alkanes) is 1. The molecule has 0 saturated carbocycles. The number of benzene rings is 3. The van der Waals surface area contributed by atoms with E-state index < -0.39 is 34.3 Å². The average Bonchev–Trinajstić information content (AvgIpc) is 2.95. The topological polar surface area (TPSA) is 96.0 Å². The normalized spacial score (nSPS) is 11.9. The van der Waals surface area contributed by atoms with Crippen molar-refractivity contribution >= 4 is 27.5 Å². The van der Waals surface area contributed by atoms with Crippen LogP contribution >= 0.6 is 0 Å². The summed E-state index contributed by atoms with van der Waals surface area (Å²) in [6, 6.07) is 17.4. The number of amides is 2. The molecule has 40 heavy (non-hydrogen) atoms. The molecule has 0 fully saturated rings. The van der Waals surface area contributed by atoms with E-state index in [-0.39, 0.29) is 17.3 Å². The smallest absolute Gasteiger partial charge is 0.264 e. The first-order chi connectivity index (χ1) is 19.1. The Hall–Kier alpha value is -3.92. The zero-order valence-electron chi connectivity index (χ0n) is 23.3. The number of methoxy groups -OCH3 is 1. The molecule has 0 saturated heterocycles. The van der Waals surface area contributed by atoms with Crippen molar-refractivity contribution in [3.8, 4) is 5.75 Å². The maximum Gasteiger partial charge on any atom is 0.264 e. The molecule has 3 aromatic rings. The molecule has 0 heterocycles. The predicted octanol–water partition coefficient (Wildman–Crippen LogP) is 4.67. The van der Waals surface area contributed by atoms with Crippen molar-refractivity contribution in [3.05, 3.63) is 89.7 Å². The van der Waals surface area contributed by atoms with Crippen LogP contribution in [0, 0.1) is 12.7 Å². The van der Waals surface area contributed by atoms with E-state index in [2.05, 4.69) is 5.32 Å². The van der Waals surface area contributed by atoms with Gasteiger partial charge in [-0.25, -0.2) is 12.8 Å². The molecule has 0 spiro atoms. The third-order valence-electron chi connectivity index (χ3n) is 6.51.